The van der Waals surface area contributed by atoms with Crippen LogP contribution in [0.25, 0.3) is 0 Å². The average Bonchev–Trinajstić information content (AvgIpc) is 2.25. The molecule has 4 heteroatoms. The first-order valence-electron chi connectivity index (χ1n) is 5.09. The van der Waals surface area contributed by atoms with Gasteiger partial charge in [0.1, 0.15) is 11.6 Å². The van der Waals surface area contributed by atoms with Gasteiger partial charge in [0.05, 0.1) is 7.11 Å². The predicted octanol–water partition coefficient (Wildman–Crippen LogP) is 2.80. The normalized spacial score (nSPS) is 12.2. The van der Waals surface area contributed by atoms with Crippen LogP contribution in [0.4, 0.5) is 4.39 Å². The van der Waals surface area contributed by atoms with Gasteiger partial charge < -0.3 is 9.84 Å². The Morgan fingerprint density at radius 3 is 2.81 bits per heavy atom. The number of aliphatic carboxylic acids is 1. The van der Waals surface area contributed by atoms with Crippen molar-refractivity contribution in [1.82, 2.24) is 0 Å². The van der Waals surface area contributed by atoms with Crippen LogP contribution in [0.1, 0.15) is 31.2 Å². The lowest BCUT2D eigenvalue weighted by Gasteiger charge is -2.14. The van der Waals surface area contributed by atoms with Crippen molar-refractivity contribution in [2.45, 2.75) is 25.7 Å². The molecule has 0 aromatic heterocycles. The largest absolute Gasteiger partial charge is 0.496 e. The summed E-state index contributed by atoms with van der Waals surface area (Å²) in [5, 5.41) is 8.59. The third kappa shape index (κ3) is 3.22. The van der Waals surface area contributed by atoms with E-state index >= 15 is 0 Å². The van der Waals surface area contributed by atoms with Crippen LogP contribution >= 0.6 is 0 Å². The van der Waals surface area contributed by atoms with Gasteiger partial charge in [-0.15, -0.1) is 0 Å². The Hall–Kier alpha value is -1.58. The fourth-order valence-corrected chi connectivity index (χ4v) is 1.59. The first-order chi connectivity index (χ1) is 7.54. The van der Waals surface area contributed by atoms with Gasteiger partial charge >= 0.3 is 5.97 Å². The Bertz CT molecular complexity index is 377. The van der Waals surface area contributed by atoms with Crippen molar-refractivity contribution in [2.24, 2.45) is 0 Å². The lowest BCUT2D eigenvalue weighted by molar-refractivity contribution is -0.137. The van der Waals surface area contributed by atoms with Gasteiger partial charge in [-0.1, -0.05) is 6.92 Å². The van der Waals surface area contributed by atoms with E-state index < -0.39 is 5.97 Å². The molecule has 1 atom stereocenters. The molecule has 0 aliphatic heterocycles. The van der Waals surface area contributed by atoms with E-state index in [9.17, 15) is 9.18 Å². The van der Waals surface area contributed by atoms with Gasteiger partial charge in [-0.05, 0) is 36.1 Å². The first kappa shape index (κ1) is 12.5. The number of hydrogen-bond donors (Lipinski definition) is 1. The molecule has 0 aliphatic carbocycles. The molecule has 0 saturated heterocycles. The highest BCUT2D eigenvalue weighted by Gasteiger charge is 2.13. The van der Waals surface area contributed by atoms with Crippen molar-refractivity contribution in [2.75, 3.05) is 7.11 Å². The lowest BCUT2D eigenvalue weighted by Crippen LogP contribution is -2.02. The molecule has 3 nitrogen and oxygen atoms in total. The Balaban J connectivity index is 2.84. The summed E-state index contributed by atoms with van der Waals surface area (Å²) in [7, 11) is 1.51. The molecule has 1 unspecified atom stereocenters. The molecular weight excluding hydrogens is 211 g/mol. The zero-order valence-electron chi connectivity index (χ0n) is 9.37. The van der Waals surface area contributed by atoms with Gasteiger partial charge in [0.15, 0.2) is 0 Å². The van der Waals surface area contributed by atoms with Crippen molar-refractivity contribution in [3.63, 3.8) is 0 Å². The highest BCUT2D eigenvalue weighted by Crippen LogP contribution is 2.30. The number of hydrogen-bond acceptors (Lipinski definition) is 2. The minimum Gasteiger partial charge on any atom is -0.496 e. The second-order valence-corrected chi connectivity index (χ2v) is 3.72. The average molecular weight is 226 g/mol. The lowest BCUT2D eigenvalue weighted by atomic mass is 9.95. The smallest absolute Gasteiger partial charge is 0.303 e. The standard InChI is InChI=1S/C12H15FO3/c1-8(3-6-12(14)15)10-7-9(13)4-5-11(10)16-2/h4-5,7-8H,3,6H2,1-2H3,(H,14,15). The van der Waals surface area contributed by atoms with E-state index in [0.29, 0.717) is 17.7 Å². The summed E-state index contributed by atoms with van der Waals surface area (Å²) in [6.07, 6.45) is 0.538. The van der Waals surface area contributed by atoms with Crippen LogP contribution in [-0.2, 0) is 4.79 Å². The Labute approximate surface area is 93.9 Å². The molecule has 0 radical (unpaired) electrons. The number of carbonyl (C=O) groups is 1. The van der Waals surface area contributed by atoms with Gasteiger partial charge in [0, 0.05) is 6.42 Å². The molecule has 0 spiro atoms. The van der Waals surface area contributed by atoms with Gasteiger partial charge in [-0.2, -0.15) is 0 Å². The van der Waals surface area contributed by atoms with E-state index in [1.165, 1.54) is 19.2 Å². The van der Waals surface area contributed by atoms with Crippen molar-refractivity contribution in [3.8, 4) is 5.75 Å². The van der Waals surface area contributed by atoms with E-state index in [4.69, 9.17) is 9.84 Å². The quantitative estimate of drug-likeness (QED) is 0.839. The van der Waals surface area contributed by atoms with E-state index in [0.717, 1.165) is 0 Å². The van der Waals surface area contributed by atoms with Crippen LogP contribution in [0.2, 0.25) is 0 Å². The van der Waals surface area contributed by atoms with Crippen molar-refractivity contribution < 1.29 is 19.0 Å². The maximum absolute atomic E-state index is 13.1. The van der Waals surface area contributed by atoms with Crippen LogP contribution in [0.5, 0.6) is 5.75 Å². The Morgan fingerprint density at radius 2 is 2.25 bits per heavy atom. The number of methoxy groups -OCH3 is 1. The second kappa shape index (κ2) is 5.49. The maximum atomic E-state index is 13.1. The van der Waals surface area contributed by atoms with E-state index in [1.807, 2.05) is 6.92 Å². The molecule has 16 heavy (non-hydrogen) atoms. The van der Waals surface area contributed by atoms with Gasteiger partial charge in [-0.3, -0.25) is 4.79 Å². The summed E-state index contributed by atoms with van der Waals surface area (Å²) in [5.74, 6) is -0.624. The number of carboxylic acid groups (broad SMARTS) is 1. The SMILES string of the molecule is COc1ccc(F)cc1C(C)CCC(=O)O. The molecule has 0 fully saturated rings. The fourth-order valence-electron chi connectivity index (χ4n) is 1.59. The van der Waals surface area contributed by atoms with E-state index in [-0.39, 0.29) is 18.2 Å². The van der Waals surface area contributed by atoms with Crippen LogP contribution in [0.15, 0.2) is 18.2 Å². The molecule has 1 aromatic rings. The van der Waals surface area contributed by atoms with E-state index in [2.05, 4.69) is 0 Å². The van der Waals surface area contributed by atoms with E-state index in [1.54, 1.807) is 6.07 Å². The maximum Gasteiger partial charge on any atom is 0.303 e. The van der Waals surface area contributed by atoms with Crippen LogP contribution in [0, 0.1) is 5.82 Å². The molecule has 0 amide bonds. The molecule has 0 heterocycles. The first-order valence-corrected chi connectivity index (χ1v) is 5.09. The van der Waals surface area contributed by atoms with Crippen molar-refractivity contribution >= 4 is 5.97 Å². The number of ether oxygens (including phenoxy) is 1. The van der Waals surface area contributed by atoms with Crippen molar-refractivity contribution in [3.05, 3.63) is 29.6 Å². The predicted molar refractivity (Wildman–Crippen MR) is 58.2 cm³/mol. The minimum absolute atomic E-state index is 0.0400. The molecule has 1 aromatic carbocycles. The Kier molecular flexibility index (Phi) is 4.28. The van der Waals surface area contributed by atoms with Gasteiger partial charge in [0.25, 0.3) is 0 Å². The van der Waals surface area contributed by atoms with Crippen LogP contribution in [-0.4, -0.2) is 18.2 Å². The number of carboxylic acids is 1. The highest BCUT2D eigenvalue weighted by molar-refractivity contribution is 5.66. The third-order valence-electron chi connectivity index (χ3n) is 2.51. The van der Waals surface area contributed by atoms with Crippen LogP contribution in [0.3, 0.4) is 0 Å². The molecular formula is C12H15FO3. The van der Waals surface area contributed by atoms with Gasteiger partial charge in [0.2, 0.25) is 0 Å². The molecule has 0 bridgehead atoms. The van der Waals surface area contributed by atoms with Gasteiger partial charge in [-0.25, -0.2) is 4.39 Å². The third-order valence-corrected chi connectivity index (χ3v) is 2.51. The summed E-state index contributed by atoms with van der Waals surface area (Å²) in [6, 6.07) is 4.28. The molecule has 0 saturated carbocycles. The van der Waals surface area contributed by atoms with Crippen LogP contribution < -0.4 is 4.74 Å². The molecule has 1 rings (SSSR count). The summed E-state index contributed by atoms with van der Waals surface area (Å²) >= 11 is 0. The molecule has 88 valence electrons. The Morgan fingerprint density at radius 1 is 1.56 bits per heavy atom. The highest BCUT2D eigenvalue weighted by atomic mass is 19.1. The summed E-state index contributed by atoms with van der Waals surface area (Å²) in [6.45, 7) is 1.86. The zero-order chi connectivity index (χ0) is 12.1. The molecule has 1 N–H and O–H groups in total. The summed E-state index contributed by atoms with van der Waals surface area (Å²) < 4.78 is 18.2. The fraction of sp³-hybridized carbons (Fsp3) is 0.417. The topological polar surface area (TPSA) is 46.5 Å². The zero-order valence-corrected chi connectivity index (χ0v) is 9.37. The second-order valence-electron chi connectivity index (χ2n) is 3.72. The molecule has 0 aliphatic rings. The van der Waals surface area contributed by atoms with Crippen molar-refractivity contribution in [1.29, 1.82) is 0 Å². The number of benzene rings is 1. The number of rotatable bonds is 5. The monoisotopic (exact) mass is 226 g/mol. The minimum atomic E-state index is -0.845. The summed E-state index contributed by atoms with van der Waals surface area (Å²) in [4.78, 5) is 10.5. The summed E-state index contributed by atoms with van der Waals surface area (Å²) in [5.41, 5.74) is 0.712. The number of halogens is 1.